The zero-order valence-corrected chi connectivity index (χ0v) is 20.3. The van der Waals surface area contributed by atoms with E-state index in [-0.39, 0.29) is 0 Å². The number of nitrogens with zero attached hydrogens (tertiary/aromatic N) is 6. The van der Waals surface area contributed by atoms with E-state index < -0.39 is 11.4 Å². The van der Waals surface area contributed by atoms with Crippen LogP contribution in [0.2, 0.25) is 0 Å². The van der Waals surface area contributed by atoms with Crippen molar-refractivity contribution >= 4 is 22.6 Å². The fourth-order valence-electron chi connectivity index (χ4n) is 5.31. The maximum absolute atomic E-state index is 11.7. The number of aromatic amines is 1. The zero-order chi connectivity index (χ0) is 24.9. The van der Waals surface area contributed by atoms with E-state index in [9.17, 15) is 9.90 Å². The summed E-state index contributed by atoms with van der Waals surface area (Å²) in [6.07, 6.45) is 11.1. The molecule has 9 heteroatoms. The van der Waals surface area contributed by atoms with Crippen LogP contribution in [0.5, 0.6) is 0 Å². The Morgan fingerprint density at radius 2 is 2.00 bits per heavy atom. The Kier molecular flexibility index (Phi) is 5.28. The van der Waals surface area contributed by atoms with Gasteiger partial charge in [-0.05, 0) is 70.1 Å². The quantitative estimate of drug-likeness (QED) is 0.367. The smallest absolute Gasteiger partial charge is 0.309 e. The van der Waals surface area contributed by atoms with Gasteiger partial charge >= 0.3 is 5.97 Å². The first kappa shape index (κ1) is 22.3. The fourth-order valence-corrected chi connectivity index (χ4v) is 5.31. The summed E-state index contributed by atoms with van der Waals surface area (Å²) in [5.74, 6) is -0.308. The van der Waals surface area contributed by atoms with Gasteiger partial charge in [-0.25, -0.2) is 4.98 Å². The van der Waals surface area contributed by atoms with Crippen molar-refractivity contribution in [3.8, 4) is 22.4 Å². The van der Waals surface area contributed by atoms with E-state index in [1.54, 1.807) is 12.4 Å². The Morgan fingerprint density at radius 1 is 1.17 bits per heavy atom. The molecule has 182 valence electrons. The van der Waals surface area contributed by atoms with Crippen LogP contribution < -0.4 is 0 Å². The second-order valence-corrected chi connectivity index (χ2v) is 10.1. The van der Waals surface area contributed by atoms with E-state index in [0.29, 0.717) is 18.8 Å². The standard InChI is InChI=1S/C27H27N7O2/c1-16-23-22(12-17-7-9-27(2,10-8-17)26(35)36)31-24-20(15-30-34(24)25(23)33-32-16)18-5-6-21(29-14-18)19-4-3-11-28-13-19/h3-6,11,13-15,17H,7-10,12H2,1-2H3,(H,32,33)(H,35,36). The van der Waals surface area contributed by atoms with Crippen LogP contribution >= 0.6 is 0 Å². The summed E-state index contributed by atoms with van der Waals surface area (Å²) in [5.41, 5.74) is 6.48. The molecule has 0 unspecified atom stereocenters. The highest BCUT2D eigenvalue weighted by Crippen LogP contribution is 2.40. The third-order valence-electron chi connectivity index (χ3n) is 7.65. The van der Waals surface area contributed by atoms with Gasteiger partial charge in [0.15, 0.2) is 11.3 Å². The Labute approximate surface area is 207 Å². The maximum atomic E-state index is 11.7. The molecule has 5 aromatic rings. The van der Waals surface area contributed by atoms with E-state index in [1.807, 2.05) is 55.0 Å². The molecule has 1 fully saturated rings. The van der Waals surface area contributed by atoms with Crippen molar-refractivity contribution in [1.29, 1.82) is 0 Å². The molecule has 0 aromatic carbocycles. The fraction of sp³-hybridized carbons (Fsp3) is 0.333. The maximum Gasteiger partial charge on any atom is 0.309 e. The first-order chi connectivity index (χ1) is 17.4. The van der Waals surface area contributed by atoms with Crippen molar-refractivity contribution in [2.75, 3.05) is 0 Å². The lowest BCUT2D eigenvalue weighted by molar-refractivity contribution is -0.150. The Balaban J connectivity index is 1.37. The van der Waals surface area contributed by atoms with Crippen LogP contribution in [0.15, 0.2) is 49.1 Å². The lowest BCUT2D eigenvalue weighted by Gasteiger charge is -2.33. The number of hydrogen-bond acceptors (Lipinski definition) is 6. The molecule has 2 N–H and O–H groups in total. The number of aliphatic carboxylic acids is 1. The number of fused-ring (bicyclic) bond motifs is 3. The molecule has 5 heterocycles. The van der Waals surface area contributed by atoms with E-state index in [0.717, 1.165) is 69.7 Å². The van der Waals surface area contributed by atoms with Crippen molar-refractivity contribution in [3.05, 3.63) is 60.4 Å². The van der Waals surface area contributed by atoms with Crippen LogP contribution in [-0.4, -0.2) is 45.8 Å². The number of rotatable bonds is 5. The second kappa shape index (κ2) is 8.51. The highest BCUT2D eigenvalue weighted by atomic mass is 16.4. The van der Waals surface area contributed by atoms with Gasteiger partial charge in [0, 0.05) is 35.3 Å². The number of H-pyrrole nitrogens is 1. The molecule has 1 aliphatic rings. The van der Waals surface area contributed by atoms with Gasteiger partial charge in [-0.15, -0.1) is 0 Å². The van der Waals surface area contributed by atoms with Gasteiger partial charge < -0.3 is 5.11 Å². The van der Waals surface area contributed by atoms with Crippen LogP contribution in [0.3, 0.4) is 0 Å². The number of pyridine rings is 2. The van der Waals surface area contributed by atoms with Gasteiger partial charge in [0.05, 0.1) is 34.1 Å². The van der Waals surface area contributed by atoms with Gasteiger partial charge in [0.25, 0.3) is 0 Å². The van der Waals surface area contributed by atoms with Gasteiger partial charge in [-0.2, -0.15) is 14.7 Å². The third kappa shape index (κ3) is 3.71. The summed E-state index contributed by atoms with van der Waals surface area (Å²) in [5, 5.41) is 22.8. The van der Waals surface area contributed by atoms with E-state index in [1.165, 1.54) is 0 Å². The highest BCUT2D eigenvalue weighted by molar-refractivity contribution is 5.87. The van der Waals surface area contributed by atoms with Crippen molar-refractivity contribution in [2.45, 2.75) is 46.0 Å². The molecule has 0 saturated heterocycles. The summed E-state index contributed by atoms with van der Waals surface area (Å²) < 4.78 is 1.81. The van der Waals surface area contributed by atoms with Crippen molar-refractivity contribution in [2.24, 2.45) is 11.3 Å². The third-order valence-corrected chi connectivity index (χ3v) is 7.65. The second-order valence-electron chi connectivity index (χ2n) is 10.1. The number of carbonyl (C=O) groups is 1. The molecule has 0 radical (unpaired) electrons. The number of aromatic nitrogens is 7. The number of carboxylic acids is 1. The van der Waals surface area contributed by atoms with E-state index in [4.69, 9.17) is 4.98 Å². The predicted molar refractivity (Wildman–Crippen MR) is 135 cm³/mol. The van der Waals surface area contributed by atoms with Crippen molar-refractivity contribution in [1.82, 2.24) is 34.8 Å². The summed E-state index contributed by atoms with van der Waals surface area (Å²) in [4.78, 5) is 25.6. The Hall–Kier alpha value is -4.14. The summed E-state index contributed by atoms with van der Waals surface area (Å²) in [6, 6.07) is 7.90. The molecule has 0 aliphatic heterocycles. The largest absolute Gasteiger partial charge is 0.481 e. The Morgan fingerprint density at radius 3 is 2.69 bits per heavy atom. The minimum absolute atomic E-state index is 0.386. The molecule has 0 bridgehead atoms. The molecule has 6 rings (SSSR count). The van der Waals surface area contributed by atoms with Crippen LogP contribution in [0.4, 0.5) is 0 Å². The average molecular weight is 482 g/mol. The first-order valence-electron chi connectivity index (χ1n) is 12.2. The molecule has 9 nitrogen and oxygen atoms in total. The predicted octanol–water partition coefficient (Wildman–Crippen LogP) is 4.86. The summed E-state index contributed by atoms with van der Waals surface area (Å²) in [6.45, 7) is 3.84. The molecule has 1 saturated carbocycles. The lowest BCUT2D eigenvalue weighted by Crippen LogP contribution is -2.33. The molecule has 1 aliphatic carbocycles. The van der Waals surface area contributed by atoms with Crippen LogP contribution in [-0.2, 0) is 11.2 Å². The number of aryl methyl sites for hydroxylation is 1. The Bertz CT molecular complexity index is 1560. The monoisotopic (exact) mass is 481 g/mol. The van der Waals surface area contributed by atoms with Crippen molar-refractivity contribution in [3.63, 3.8) is 0 Å². The van der Waals surface area contributed by atoms with Crippen LogP contribution in [0, 0.1) is 18.3 Å². The van der Waals surface area contributed by atoms with Gasteiger partial charge in [-0.1, -0.05) is 6.07 Å². The topological polar surface area (TPSA) is 122 Å². The number of nitrogens with one attached hydrogen (secondary N) is 1. The van der Waals surface area contributed by atoms with Gasteiger partial charge in [-0.3, -0.25) is 19.9 Å². The van der Waals surface area contributed by atoms with Crippen LogP contribution in [0.1, 0.15) is 44.0 Å². The van der Waals surface area contributed by atoms with E-state index in [2.05, 4.69) is 25.3 Å². The van der Waals surface area contributed by atoms with Crippen LogP contribution in [0.25, 0.3) is 39.1 Å². The number of hydrogen-bond donors (Lipinski definition) is 2. The molecular formula is C27H27N7O2. The number of carboxylic acid groups (broad SMARTS) is 1. The molecule has 0 spiro atoms. The average Bonchev–Trinajstić information content (AvgIpc) is 3.50. The highest BCUT2D eigenvalue weighted by Gasteiger charge is 2.37. The van der Waals surface area contributed by atoms with Gasteiger partial charge in [0.1, 0.15) is 0 Å². The molecule has 36 heavy (non-hydrogen) atoms. The summed E-state index contributed by atoms with van der Waals surface area (Å²) in [7, 11) is 0. The molecular weight excluding hydrogens is 454 g/mol. The molecule has 5 aromatic heterocycles. The lowest BCUT2D eigenvalue weighted by atomic mass is 9.70. The minimum Gasteiger partial charge on any atom is -0.481 e. The van der Waals surface area contributed by atoms with Gasteiger partial charge in [0.2, 0.25) is 0 Å². The van der Waals surface area contributed by atoms with Crippen molar-refractivity contribution < 1.29 is 9.90 Å². The molecule has 0 atom stereocenters. The van der Waals surface area contributed by atoms with E-state index >= 15 is 0 Å². The normalized spacial score (nSPS) is 20.2. The summed E-state index contributed by atoms with van der Waals surface area (Å²) >= 11 is 0. The SMILES string of the molecule is Cc1n[nH]c2c1c(CC1CCC(C)(C(=O)O)CC1)nc1c(-c3ccc(-c4cccnc4)nc3)cnn12. The first-order valence-corrected chi connectivity index (χ1v) is 12.2. The minimum atomic E-state index is -0.694. The molecule has 0 amide bonds. The zero-order valence-electron chi connectivity index (χ0n) is 20.3.